The number of methoxy groups -OCH3 is 1. The molecule has 30 heavy (non-hydrogen) atoms. The number of aliphatic hydroxyl groups excluding tert-OH is 1. The molecule has 1 aliphatic heterocycles. The highest BCUT2D eigenvalue weighted by Crippen LogP contribution is 2.28. The van der Waals surface area contributed by atoms with Crippen molar-refractivity contribution in [3.63, 3.8) is 0 Å². The van der Waals surface area contributed by atoms with Crippen molar-refractivity contribution in [3.8, 4) is 0 Å². The summed E-state index contributed by atoms with van der Waals surface area (Å²) < 4.78 is 22.2. The average Bonchev–Trinajstić information content (AvgIpc) is 2.79. The van der Waals surface area contributed by atoms with Gasteiger partial charge in [-0.3, -0.25) is 0 Å². The molecule has 5 atom stereocenters. The zero-order valence-corrected chi connectivity index (χ0v) is 16.4. The first-order valence-electron chi connectivity index (χ1n) is 9.42. The van der Waals surface area contributed by atoms with Crippen molar-refractivity contribution >= 4 is 5.97 Å². The van der Waals surface area contributed by atoms with E-state index in [1.165, 1.54) is 7.11 Å². The van der Waals surface area contributed by atoms with Gasteiger partial charge in [-0.25, -0.2) is 4.79 Å². The van der Waals surface area contributed by atoms with Crippen LogP contribution in [0.1, 0.15) is 15.9 Å². The summed E-state index contributed by atoms with van der Waals surface area (Å²) in [4.78, 5) is 15.0. The van der Waals surface area contributed by atoms with E-state index in [9.17, 15) is 9.90 Å². The van der Waals surface area contributed by atoms with Crippen molar-refractivity contribution in [2.45, 2.75) is 37.3 Å². The molecule has 0 spiro atoms. The Hall–Kier alpha value is -2.94. The Labute approximate surface area is 173 Å². The van der Waals surface area contributed by atoms with Gasteiger partial charge in [0.05, 0.1) is 18.3 Å². The lowest BCUT2D eigenvalue weighted by Gasteiger charge is -2.42. The predicted octanol–water partition coefficient (Wildman–Crippen LogP) is 2.84. The molecule has 0 amide bonds. The third-order valence-corrected chi connectivity index (χ3v) is 4.73. The lowest BCUT2D eigenvalue weighted by molar-refractivity contribution is -0.266. The molecule has 9 heteroatoms. The zero-order chi connectivity index (χ0) is 21.3. The molecule has 1 aliphatic rings. The molecule has 1 heterocycles. The molecule has 9 nitrogen and oxygen atoms in total. The average molecular weight is 413 g/mol. The van der Waals surface area contributed by atoms with E-state index in [1.807, 2.05) is 30.3 Å². The number of nitrogens with zero attached hydrogens (tertiary/aromatic N) is 3. The van der Waals surface area contributed by atoms with Crippen LogP contribution in [0.25, 0.3) is 10.4 Å². The number of ether oxygens (including phenoxy) is 4. The van der Waals surface area contributed by atoms with Crippen molar-refractivity contribution in [1.29, 1.82) is 0 Å². The van der Waals surface area contributed by atoms with E-state index in [-0.39, 0.29) is 13.2 Å². The fourth-order valence-electron chi connectivity index (χ4n) is 3.19. The number of hydrogen-bond donors (Lipinski definition) is 1. The lowest BCUT2D eigenvalue weighted by atomic mass is 9.97. The van der Waals surface area contributed by atoms with Gasteiger partial charge in [0, 0.05) is 12.0 Å². The van der Waals surface area contributed by atoms with Gasteiger partial charge in [-0.05, 0) is 23.2 Å². The highest BCUT2D eigenvalue weighted by Gasteiger charge is 2.46. The van der Waals surface area contributed by atoms with Crippen molar-refractivity contribution in [2.24, 2.45) is 5.11 Å². The molecule has 0 bridgehead atoms. The summed E-state index contributed by atoms with van der Waals surface area (Å²) in [6.07, 6.45) is -4.02. The Bertz CT molecular complexity index is 860. The van der Waals surface area contributed by atoms with Crippen LogP contribution in [0.4, 0.5) is 0 Å². The second kappa shape index (κ2) is 10.7. The van der Waals surface area contributed by atoms with Crippen LogP contribution < -0.4 is 0 Å². The van der Waals surface area contributed by atoms with Crippen LogP contribution in [0.5, 0.6) is 0 Å². The zero-order valence-electron chi connectivity index (χ0n) is 16.4. The highest BCUT2D eigenvalue weighted by molar-refractivity contribution is 5.89. The van der Waals surface area contributed by atoms with Crippen LogP contribution in [-0.2, 0) is 25.6 Å². The van der Waals surface area contributed by atoms with E-state index in [1.54, 1.807) is 30.3 Å². The van der Waals surface area contributed by atoms with Gasteiger partial charge in [0.15, 0.2) is 6.29 Å². The Balaban J connectivity index is 1.71. The van der Waals surface area contributed by atoms with Gasteiger partial charge in [0.1, 0.15) is 24.9 Å². The van der Waals surface area contributed by atoms with Crippen molar-refractivity contribution < 1.29 is 28.8 Å². The Kier molecular flexibility index (Phi) is 7.78. The number of benzene rings is 2. The molecular formula is C21H23N3O6. The fourth-order valence-corrected chi connectivity index (χ4v) is 3.19. The molecule has 158 valence electrons. The lowest BCUT2D eigenvalue weighted by Crippen LogP contribution is -2.59. The number of aliphatic hydroxyl groups is 1. The second-order valence-corrected chi connectivity index (χ2v) is 6.69. The maximum Gasteiger partial charge on any atom is 0.338 e. The molecule has 1 N–H and O–H groups in total. The van der Waals surface area contributed by atoms with Crippen LogP contribution in [0, 0.1) is 0 Å². The van der Waals surface area contributed by atoms with Gasteiger partial charge in [-0.15, -0.1) is 0 Å². The molecule has 0 radical (unpaired) electrons. The summed E-state index contributed by atoms with van der Waals surface area (Å²) in [6, 6.07) is 16.9. The minimum atomic E-state index is -1.21. The Morgan fingerprint density at radius 1 is 1.17 bits per heavy atom. The molecule has 0 saturated carbocycles. The van der Waals surface area contributed by atoms with Gasteiger partial charge in [0.25, 0.3) is 0 Å². The molecule has 1 fully saturated rings. The molecule has 0 unspecified atom stereocenters. The molecular weight excluding hydrogens is 390 g/mol. The highest BCUT2D eigenvalue weighted by atomic mass is 16.7. The smallest absolute Gasteiger partial charge is 0.338 e. The van der Waals surface area contributed by atoms with E-state index < -0.39 is 36.6 Å². The largest absolute Gasteiger partial charge is 0.459 e. The molecule has 2 aromatic carbocycles. The van der Waals surface area contributed by atoms with Crippen molar-refractivity contribution in [3.05, 3.63) is 82.2 Å². The summed E-state index contributed by atoms with van der Waals surface area (Å²) in [7, 11) is 1.39. The first kappa shape index (κ1) is 21.8. The van der Waals surface area contributed by atoms with E-state index in [0.717, 1.165) is 5.56 Å². The monoisotopic (exact) mass is 413 g/mol. The van der Waals surface area contributed by atoms with Gasteiger partial charge >= 0.3 is 5.97 Å². The minimum absolute atomic E-state index is 0.187. The summed E-state index contributed by atoms with van der Waals surface area (Å²) in [6.45, 7) is -0.0318. The minimum Gasteiger partial charge on any atom is -0.459 e. The maximum absolute atomic E-state index is 12.2. The van der Waals surface area contributed by atoms with E-state index in [0.29, 0.717) is 5.56 Å². The third-order valence-electron chi connectivity index (χ3n) is 4.73. The molecule has 3 rings (SSSR count). The number of esters is 1. The Morgan fingerprint density at radius 2 is 1.83 bits per heavy atom. The quantitative estimate of drug-likeness (QED) is 0.307. The van der Waals surface area contributed by atoms with E-state index in [2.05, 4.69) is 10.0 Å². The van der Waals surface area contributed by atoms with Gasteiger partial charge < -0.3 is 24.1 Å². The third kappa shape index (κ3) is 5.35. The first-order valence-corrected chi connectivity index (χ1v) is 9.42. The normalized spacial score (nSPS) is 25.9. The summed E-state index contributed by atoms with van der Waals surface area (Å²) in [5.74, 6) is -0.542. The van der Waals surface area contributed by atoms with Crippen molar-refractivity contribution in [2.75, 3.05) is 13.7 Å². The van der Waals surface area contributed by atoms with Crippen LogP contribution in [0.3, 0.4) is 0 Å². The van der Waals surface area contributed by atoms with Crippen LogP contribution >= 0.6 is 0 Å². The van der Waals surface area contributed by atoms with Gasteiger partial charge in [-0.2, -0.15) is 0 Å². The summed E-state index contributed by atoms with van der Waals surface area (Å²) >= 11 is 0. The van der Waals surface area contributed by atoms with E-state index in [4.69, 9.17) is 24.5 Å². The SMILES string of the molecule is CO[C@H]1O[C@H](COC(=O)c2ccccc2)[C@@H](O)[C@H](OCc2ccccc2)[C@@H]1N=[N+]=[N-]. The summed E-state index contributed by atoms with van der Waals surface area (Å²) in [5, 5.41) is 14.5. The van der Waals surface area contributed by atoms with Crippen LogP contribution in [-0.4, -0.2) is 55.4 Å². The molecule has 0 aromatic heterocycles. The fraction of sp³-hybridized carbons (Fsp3) is 0.381. The predicted molar refractivity (Wildman–Crippen MR) is 106 cm³/mol. The number of azide groups is 1. The number of carbonyl (C=O) groups excluding carboxylic acids is 1. The van der Waals surface area contributed by atoms with E-state index >= 15 is 0 Å². The first-order chi connectivity index (χ1) is 14.6. The van der Waals surface area contributed by atoms with Crippen molar-refractivity contribution in [1.82, 2.24) is 0 Å². The molecule has 1 saturated heterocycles. The second-order valence-electron chi connectivity index (χ2n) is 6.69. The standard InChI is InChI=1S/C21H23N3O6/c1-27-21-17(23-24-22)19(28-12-14-8-4-2-5-9-14)18(25)16(30-21)13-29-20(26)15-10-6-3-7-11-15/h2-11,16-19,21,25H,12-13H2,1H3/t16-,17+,18-,19-,21+/m1/s1. The van der Waals surface area contributed by atoms with Gasteiger partial charge in [0.2, 0.25) is 0 Å². The number of hydrogen-bond acceptors (Lipinski definition) is 7. The van der Waals surface area contributed by atoms with Crippen LogP contribution in [0.15, 0.2) is 65.8 Å². The molecule has 2 aromatic rings. The maximum atomic E-state index is 12.2. The summed E-state index contributed by atoms with van der Waals surface area (Å²) in [5.41, 5.74) is 10.2. The number of rotatable bonds is 8. The van der Waals surface area contributed by atoms with Crippen LogP contribution in [0.2, 0.25) is 0 Å². The topological polar surface area (TPSA) is 123 Å². The molecule has 0 aliphatic carbocycles. The Morgan fingerprint density at radius 3 is 2.47 bits per heavy atom. The number of carbonyl (C=O) groups is 1. The van der Waals surface area contributed by atoms with Gasteiger partial charge in [-0.1, -0.05) is 53.6 Å².